The molecule has 0 N–H and O–H groups in total. The fraction of sp³-hybridized carbons (Fsp3) is 0.250. The zero-order chi connectivity index (χ0) is 14.2. The first-order valence-corrected chi connectivity index (χ1v) is 6.55. The van der Waals surface area contributed by atoms with Crippen molar-refractivity contribution >= 4 is 27.5 Å². The highest BCUT2D eigenvalue weighted by atomic mass is 27.0. The van der Waals surface area contributed by atoms with Gasteiger partial charge in [-0.15, -0.1) is 6.42 Å². The molecule has 0 bridgehead atoms. The third-order valence-electron chi connectivity index (χ3n) is 2.85. The van der Waals surface area contributed by atoms with Crippen molar-refractivity contribution in [3.05, 3.63) is 26.7 Å². The minimum Gasteiger partial charge on any atom is -0.315 e. The normalized spacial score (nSPS) is 9.95. The van der Waals surface area contributed by atoms with E-state index in [1.165, 1.54) is 4.57 Å². The van der Waals surface area contributed by atoms with Crippen LogP contribution in [0.25, 0.3) is 11.2 Å². The van der Waals surface area contributed by atoms with Gasteiger partial charge in [-0.2, -0.15) is 0 Å². The van der Waals surface area contributed by atoms with E-state index < -0.39 is 11.2 Å². The van der Waals surface area contributed by atoms with Gasteiger partial charge in [0.25, 0.3) is 5.56 Å². The Morgan fingerprint density at radius 1 is 1.32 bits per heavy atom. The Hall–Kier alpha value is -2.20. The van der Waals surface area contributed by atoms with E-state index in [1.54, 1.807) is 18.7 Å². The molecule has 2 aromatic heterocycles. The van der Waals surface area contributed by atoms with E-state index in [0.717, 1.165) is 4.57 Å². The van der Waals surface area contributed by atoms with Gasteiger partial charge in [0.1, 0.15) is 0 Å². The Balaban J connectivity index is 3.04. The maximum Gasteiger partial charge on any atom is 0.333 e. The molecule has 0 saturated heterocycles. The van der Waals surface area contributed by atoms with Crippen molar-refractivity contribution in [2.75, 3.05) is 0 Å². The van der Waals surface area contributed by atoms with Crippen LogP contribution in [0.15, 0.2) is 9.59 Å². The highest BCUT2D eigenvalue weighted by Crippen LogP contribution is 2.07. The maximum absolute atomic E-state index is 12.3. The first-order chi connectivity index (χ1) is 9.02. The lowest BCUT2D eigenvalue weighted by Gasteiger charge is -2.05. The third-order valence-corrected chi connectivity index (χ3v) is 3.10. The van der Waals surface area contributed by atoms with Crippen LogP contribution in [0.1, 0.15) is 5.82 Å². The summed E-state index contributed by atoms with van der Waals surface area (Å²) in [6.45, 7) is -0.0612. The second kappa shape index (κ2) is 4.82. The number of terminal acetylenes is 1. The fourth-order valence-corrected chi connectivity index (χ4v) is 2.12. The lowest BCUT2D eigenvalue weighted by atomic mass is 10.5. The average molecular weight is 270 g/mol. The number of aromatic nitrogens is 4. The van der Waals surface area contributed by atoms with Gasteiger partial charge in [-0.3, -0.25) is 9.36 Å². The molecule has 0 atom stereocenters. The Morgan fingerprint density at radius 2 is 2.00 bits per heavy atom. The highest BCUT2D eigenvalue weighted by molar-refractivity contribution is 6.22. The number of fused-ring (bicyclic) bond motifs is 1. The van der Waals surface area contributed by atoms with E-state index in [2.05, 4.69) is 21.6 Å². The zero-order valence-electron chi connectivity index (χ0n) is 10.9. The third kappa shape index (κ3) is 1.90. The molecule has 0 aliphatic rings. The van der Waals surface area contributed by atoms with Gasteiger partial charge in [0.2, 0.25) is 0 Å². The number of hydrogen-bond acceptors (Lipinski definition) is 3. The predicted molar refractivity (Wildman–Crippen MR) is 74.5 cm³/mol. The number of aryl methyl sites for hydroxylation is 2. The van der Waals surface area contributed by atoms with Crippen molar-refractivity contribution in [1.29, 1.82) is 0 Å². The van der Waals surface area contributed by atoms with E-state index in [-0.39, 0.29) is 6.54 Å². The first kappa shape index (κ1) is 13.2. The number of nitrogens with zero attached hydrogens (tertiary/aromatic N) is 4. The summed E-state index contributed by atoms with van der Waals surface area (Å²) in [5, 5.41) is 0. The summed E-state index contributed by atoms with van der Waals surface area (Å²) in [6.07, 6.45) is 5.19. The predicted octanol–water partition coefficient (Wildman–Crippen LogP) is -1.99. The zero-order valence-corrected chi connectivity index (χ0v) is 12.9. The molecule has 19 heavy (non-hydrogen) atoms. The summed E-state index contributed by atoms with van der Waals surface area (Å²) in [4.78, 5) is 31.4. The minimum absolute atomic E-state index is 0.0612. The van der Waals surface area contributed by atoms with Crippen molar-refractivity contribution in [3.8, 4) is 23.0 Å². The highest BCUT2D eigenvalue weighted by Gasteiger charge is 2.16. The largest absolute Gasteiger partial charge is 0.333 e. The van der Waals surface area contributed by atoms with Gasteiger partial charge in [-0.1, -0.05) is 11.8 Å². The molecule has 94 valence electrons. The summed E-state index contributed by atoms with van der Waals surface area (Å²) in [5.74, 6) is 5.62. The van der Waals surface area contributed by atoms with Crippen LogP contribution in [0.3, 0.4) is 0 Å². The maximum atomic E-state index is 12.3. The van der Waals surface area contributed by atoms with Gasteiger partial charge in [0.05, 0.1) is 6.54 Å². The Morgan fingerprint density at radius 3 is 2.58 bits per heavy atom. The minimum atomic E-state index is -0.473. The molecule has 6 nitrogen and oxygen atoms in total. The molecule has 0 amide bonds. The van der Waals surface area contributed by atoms with Gasteiger partial charge in [-0.25, -0.2) is 19.1 Å². The summed E-state index contributed by atoms with van der Waals surface area (Å²) in [6, 6.07) is 0. The second-order valence-electron chi connectivity index (χ2n) is 3.98. The molecule has 0 radical (unpaired) electrons. The molecule has 2 heterocycles. The van der Waals surface area contributed by atoms with Crippen molar-refractivity contribution < 1.29 is 0 Å². The van der Waals surface area contributed by atoms with Crippen molar-refractivity contribution in [2.45, 2.75) is 6.54 Å². The van der Waals surface area contributed by atoms with E-state index in [9.17, 15) is 9.59 Å². The van der Waals surface area contributed by atoms with E-state index >= 15 is 0 Å². The lowest BCUT2D eigenvalue weighted by molar-refractivity contribution is 0.674. The molecule has 0 aromatic carbocycles. The molecule has 2 aromatic rings. The van der Waals surface area contributed by atoms with E-state index in [0.29, 0.717) is 33.3 Å². The molecule has 0 spiro atoms. The van der Waals surface area contributed by atoms with Crippen LogP contribution in [0.4, 0.5) is 0 Å². The summed E-state index contributed by atoms with van der Waals surface area (Å²) in [7, 11) is 3.25. The first-order valence-electron chi connectivity index (χ1n) is 5.55. The smallest absolute Gasteiger partial charge is 0.315 e. The molecule has 0 aliphatic heterocycles. The Labute approximate surface area is 117 Å². The second-order valence-corrected chi connectivity index (χ2v) is 4.48. The quantitative estimate of drug-likeness (QED) is 0.445. The molecular weight excluding hydrogens is 259 g/mol. The van der Waals surface area contributed by atoms with Gasteiger partial charge >= 0.3 is 22.0 Å². The molecule has 0 unspecified atom stereocenters. The SMILES string of the molecule is C#CCn1c(=O)c2c(nc(C#[C][AlH2])n2C)n(C)c1=O. The van der Waals surface area contributed by atoms with Crippen LogP contribution in [0.2, 0.25) is 0 Å². The average Bonchev–Trinajstić information content (AvgIpc) is 2.71. The van der Waals surface area contributed by atoms with Crippen molar-refractivity contribution in [2.24, 2.45) is 14.1 Å². The van der Waals surface area contributed by atoms with Crippen molar-refractivity contribution in [3.63, 3.8) is 0 Å². The summed E-state index contributed by atoms with van der Waals surface area (Å²) >= 11 is 0.713. The van der Waals surface area contributed by atoms with Crippen LogP contribution in [-0.2, 0) is 20.6 Å². The van der Waals surface area contributed by atoms with Crippen LogP contribution in [0.5, 0.6) is 0 Å². The van der Waals surface area contributed by atoms with Crippen LogP contribution in [0, 0.1) is 23.0 Å². The van der Waals surface area contributed by atoms with Gasteiger partial charge in [0.15, 0.2) is 17.0 Å². The molecule has 2 rings (SSSR count). The fourth-order valence-electron chi connectivity index (χ4n) is 1.90. The van der Waals surface area contributed by atoms with Gasteiger partial charge in [0, 0.05) is 14.1 Å². The Bertz CT molecular complexity index is 883. The molecule has 7 heteroatoms. The number of hydrogen-bond donors (Lipinski definition) is 0. The lowest BCUT2D eigenvalue weighted by Crippen LogP contribution is -2.39. The molecule has 0 saturated carbocycles. The van der Waals surface area contributed by atoms with Gasteiger partial charge in [-0.05, 0) is 0 Å². The molecule has 0 fully saturated rings. The van der Waals surface area contributed by atoms with Crippen molar-refractivity contribution in [1.82, 2.24) is 18.7 Å². The van der Waals surface area contributed by atoms with Crippen LogP contribution in [-0.4, -0.2) is 35.0 Å². The van der Waals surface area contributed by atoms with Crippen LogP contribution >= 0.6 is 0 Å². The number of imidazole rings is 1. The number of rotatable bonds is 1. The van der Waals surface area contributed by atoms with E-state index in [1.807, 2.05) is 0 Å². The topological polar surface area (TPSA) is 61.8 Å². The Kier molecular flexibility index (Phi) is 3.36. The molecular formula is C12H11AlN4O2. The summed E-state index contributed by atoms with van der Waals surface area (Å²) in [5.41, 5.74) is -0.256. The summed E-state index contributed by atoms with van der Waals surface area (Å²) < 4.78 is 3.92. The van der Waals surface area contributed by atoms with E-state index in [4.69, 9.17) is 6.42 Å². The standard InChI is InChI=1S/C12H9N4O2.Al.2H/c1-5-7-16-11(17)9-10(15(4)12(16)18)13-8(6-2)14(9)3;;;/h1H,7H2,3-4H3;;;. The monoisotopic (exact) mass is 270 g/mol. The molecule has 0 aliphatic carbocycles. The van der Waals surface area contributed by atoms with Crippen LogP contribution < -0.4 is 11.2 Å². The van der Waals surface area contributed by atoms with Gasteiger partial charge < -0.3 is 4.57 Å².